The summed E-state index contributed by atoms with van der Waals surface area (Å²) in [5.41, 5.74) is 7.37. The maximum atomic E-state index is 11.8. The number of nitrogens with two attached hydrogens (primary N) is 1. The van der Waals surface area contributed by atoms with E-state index in [0.717, 1.165) is 16.5 Å². The molecule has 0 saturated carbocycles. The van der Waals surface area contributed by atoms with E-state index in [1.54, 1.807) is 13.8 Å². The fourth-order valence-electron chi connectivity index (χ4n) is 2.07. The summed E-state index contributed by atoms with van der Waals surface area (Å²) in [6.45, 7) is 3.59. The van der Waals surface area contributed by atoms with Crippen LogP contribution in [0.5, 0.6) is 0 Å². The monoisotopic (exact) mass is 246 g/mol. The molecule has 96 valence electrons. The van der Waals surface area contributed by atoms with E-state index in [0.29, 0.717) is 0 Å². The summed E-state index contributed by atoms with van der Waals surface area (Å²) in [4.78, 5) is 14.9. The minimum atomic E-state index is -0.755. The average molecular weight is 246 g/mol. The summed E-state index contributed by atoms with van der Waals surface area (Å²) in [6.07, 6.45) is 1.88. The Bertz CT molecular complexity index is 572. The van der Waals surface area contributed by atoms with Gasteiger partial charge in [-0.1, -0.05) is 12.1 Å². The van der Waals surface area contributed by atoms with E-state index in [-0.39, 0.29) is 5.97 Å². The lowest BCUT2D eigenvalue weighted by Crippen LogP contribution is -2.37. The van der Waals surface area contributed by atoms with Crippen LogP contribution in [0.2, 0.25) is 0 Å². The van der Waals surface area contributed by atoms with Crippen LogP contribution in [0.4, 0.5) is 0 Å². The minimum Gasteiger partial charge on any atom is -0.469 e. The van der Waals surface area contributed by atoms with E-state index in [1.165, 1.54) is 7.11 Å². The predicted molar refractivity (Wildman–Crippen MR) is 71.0 cm³/mol. The first-order chi connectivity index (χ1) is 8.46. The number of carbonyl (C=O) groups is 1. The quantitative estimate of drug-likeness (QED) is 0.817. The highest BCUT2D eigenvalue weighted by molar-refractivity contribution is 5.81. The Morgan fingerprint density at radius 3 is 2.78 bits per heavy atom. The number of aromatic amines is 1. The van der Waals surface area contributed by atoms with Gasteiger partial charge in [-0.2, -0.15) is 0 Å². The zero-order valence-corrected chi connectivity index (χ0v) is 10.9. The molecule has 2 aromatic rings. The second kappa shape index (κ2) is 4.46. The van der Waals surface area contributed by atoms with Crippen molar-refractivity contribution in [3.8, 4) is 0 Å². The summed E-state index contributed by atoms with van der Waals surface area (Å²) >= 11 is 0. The van der Waals surface area contributed by atoms with Crippen LogP contribution in [0.3, 0.4) is 0 Å². The van der Waals surface area contributed by atoms with Gasteiger partial charge in [0.25, 0.3) is 0 Å². The Labute approximate surface area is 106 Å². The van der Waals surface area contributed by atoms with Gasteiger partial charge in [0.05, 0.1) is 12.5 Å². The average Bonchev–Trinajstić information content (AvgIpc) is 2.83. The largest absolute Gasteiger partial charge is 0.469 e. The number of rotatable bonds is 3. The number of benzene rings is 1. The number of nitrogens with one attached hydrogen (secondary N) is 1. The van der Waals surface area contributed by atoms with E-state index in [2.05, 4.69) is 4.98 Å². The lowest BCUT2D eigenvalue weighted by atomic mass is 9.81. The SMILES string of the molecule is COC(=O)C(C)(C)[C@@H](N)c1ccc2cc[nH]c2c1. The van der Waals surface area contributed by atoms with Crippen LogP contribution in [0.15, 0.2) is 30.5 Å². The van der Waals surface area contributed by atoms with Crippen LogP contribution in [-0.2, 0) is 9.53 Å². The molecule has 0 saturated heterocycles. The Kier molecular flexibility index (Phi) is 3.13. The molecule has 1 aromatic carbocycles. The van der Waals surface area contributed by atoms with E-state index < -0.39 is 11.5 Å². The third-order valence-corrected chi connectivity index (χ3v) is 3.43. The molecule has 0 unspecified atom stereocenters. The first-order valence-corrected chi connectivity index (χ1v) is 5.88. The van der Waals surface area contributed by atoms with Crippen molar-refractivity contribution in [1.29, 1.82) is 0 Å². The fraction of sp³-hybridized carbons (Fsp3) is 0.357. The van der Waals surface area contributed by atoms with Crippen molar-refractivity contribution in [3.05, 3.63) is 36.0 Å². The Balaban J connectivity index is 2.38. The van der Waals surface area contributed by atoms with Crippen LogP contribution >= 0.6 is 0 Å². The van der Waals surface area contributed by atoms with E-state index in [1.807, 2.05) is 30.5 Å². The van der Waals surface area contributed by atoms with Crippen molar-refractivity contribution < 1.29 is 9.53 Å². The molecule has 0 aliphatic rings. The molecule has 18 heavy (non-hydrogen) atoms. The van der Waals surface area contributed by atoms with Crippen LogP contribution in [0.25, 0.3) is 10.9 Å². The Morgan fingerprint density at radius 1 is 1.39 bits per heavy atom. The molecular formula is C14H18N2O2. The number of H-pyrrole nitrogens is 1. The molecule has 0 aliphatic carbocycles. The smallest absolute Gasteiger partial charge is 0.313 e. The lowest BCUT2D eigenvalue weighted by Gasteiger charge is -2.28. The number of hydrogen-bond acceptors (Lipinski definition) is 3. The second-order valence-corrected chi connectivity index (χ2v) is 5.02. The molecule has 0 aliphatic heterocycles. The summed E-state index contributed by atoms with van der Waals surface area (Å²) < 4.78 is 4.80. The zero-order valence-electron chi connectivity index (χ0n) is 10.9. The number of ether oxygens (including phenoxy) is 1. The molecule has 4 nitrogen and oxygen atoms in total. The molecule has 1 atom stereocenters. The number of methoxy groups -OCH3 is 1. The van der Waals surface area contributed by atoms with Gasteiger partial charge in [0.2, 0.25) is 0 Å². The maximum Gasteiger partial charge on any atom is 0.313 e. The third-order valence-electron chi connectivity index (χ3n) is 3.43. The minimum absolute atomic E-state index is 0.304. The summed E-state index contributed by atoms with van der Waals surface area (Å²) in [7, 11) is 1.38. The molecule has 1 aromatic heterocycles. The standard InChI is InChI=1S/C14H18N2O2/c1-14(2,13(17)18-3)12(15)10-5-4-9-6-7-16-11(9)8-10/h4-8,12,16H,15H2,1-3H3/t12-/m0/s1. The second-order valence-electron chi connectivity index (χ2n) is 5.02. The van der Waals surface area contributed by atoms with Gasteiger partial charge in [-0.25, -0.2) is 0 Å². The molecule has 0 spiro atoms. The van der Waals surface area contributed by atoms with Gasteiger partial charge in [0, 0.05) is 17.8 Å². The lowest BCUT2D eigenvalue weighted by molar-refractivity contribution is -0.152. The normalized spacial score (nSPS) is 13.6. The number of fused-ring (bicyclic) bond motifs is 1. The molecule has 0 radical (unpaired) electrons. The van der Waals surface area contributed by atoms with Crippen molar-refractivity contribution in [1.82, 2.24) is 4.98 Å². The van der Waals surface area contributed by atoms with E-state index >= 15 is 0 Å². The summed E-state index contributed by atoms with van der Waals surface area (Å²) in [6, 6.07) is 7.51. The summed E-state index contributed by atoms with van der Waals surface area (Å²) in [5, 5.41) is 1.13. The van der Waals surface area contributed by atoms with Gasteiger partial charge in [0.1, 0.15) is 0 Å². The van der Waals surface area contributed by atoms with Crippen LogP contribution < -0.4 is 5.73 Å². The van der Waals surface area contributed by atoms with Crippen LogP contribution in [0.1, 0.15) is 25.5 Å². The number of hydrogen-bond donors (Lipinski definition) is 2. The van der Waals surface area contributed by atoms with E-state index in [4.69, 9.17) is 10.5 Å². The fourth-order valence-corrected chi connectivity index (χ4v) is 2.07. The van der Waals surface area contributed by atoms with Gasteiger partial charge >= 0.3 is 5.97 Å². The first kappa shape index (κ1) is 12.6. The van der Waals surface area contributed by atoms with Gasteiger partial charge in [-0.3, -0.25) is 4.79 Å². The van der Waals surface area contributed by atoms with Gasteiger partial charge in [-0.15, -0.1) is 0 Å². The molecule has 0 amide bonds. The highest BCUT2D eigenvalue weighted by atomic mass is 16.5. The predicted octanol–water partition coefficient (Wildman–Crippen LogP) is 2.37. The molecule has 1 heterocycles. The molecule has 3 N–H and O–H groups in total. The van der Waals surface area contributed by atoms with Crippen molar-refractivity contribution in [3.63, 3.8) is 0 Å². The maximum absolute atomic E-state index is 11.8. The van der Waals surface area contributed by atoms with Crippen LogP contribution in [0, 0.1) is 5.41 Å². The highest BCUT2D eigenvalue weighted by Gasteiger charge is 2.36. The number of aromatic nitrogens is 1. The van der Waals surface area contributed by atoms with Crippen molar-refractivity contribution in [2.45, 2.75) is 19.9 Å². The molecule has 4 heteroatoms. The van der Waals surface area contributed by atoms with Crippen molar-refractivity contribution in [2.75, 3.05) is 7.11 Å². The topological polar surface area (TPSA) is 68.1 Å². The van der Waals surface area contributed by atoms with Gasteiger partial charge in [0.15, 0.2) is 0 Å². The Morgan fingerprint density at radius 2 is 2.11 bits per heavy atom. The molecular weight excluding hydrogens is 228 g/mol. The van der Waals surface area contributed by atoms with Gasteiger partial charge in [-0.05, 0) is 36.9 Å². The van der Waals surface area contributed by atoms with E-state index in [9.17, 15) is 4.79 Å². The zero-order chi connectivity index (χ0) is 13.3. The van der Waals surface area contributed by atoms with Crippen molar-refractivity contribution >= 4 is 16.9 Å². The number of carbonyl (C=O) groups excluding carboxylic acids is 1. The first-order valence-electron chi connectivity index (χ1n) is 5.88. The third kappa shape index (κ3) is 1.99. The number of esters is 1. The van der Waals surface area contributed by atoms with Gasteiger partial charge < -0.3 is 15.5 Å². The summed E-state index contributed by atoms with van der Waals surface area (Å²) in [5.74, 6) is -0.304. The molecule has 0 bridgehead atoms. The highest BCUT2D eigenvalue weighted by Crippen LogP contribution is 2.33. The Hall–Kier alpha value is -1.81. The van der Waals surface area contributed by atoms with Crippen LogP contribution in [-0.4, -0.2) is 18.1 Å². The van der Waals surface area contributed by atoms with Crippen molar-refractivity contribution in [2.24, 2.45) is 11.1 Å². The molecule has 2 rings (SSSR count). The molecule has 0 fully saturated rings.